The van der Waals surface area contributed by atoms with Crippen molar-refractivity contribution in [2.24, 2.45) is 20.0 Å². The number of nitro groups is 2. The van der Waals surface area contributed by atoms with E-state index >= 15 is 0 Å². The molecule has 2 radical (unpaired) electrons. The van der Waals surface area contributed by atoms with E-state index in [1.807, 2.05) is 38.0 Å². The number of hydrogen-bond donors (Lipinski definition) is 0. The Morgan fingerprint density at radius 3 is 0.953 bits per heavy atom. The molecule has 0 atom stereocenters. The van der Waals surface area contributed by atoms with Gasteiger partial charge in [0.2, 0.25) is 0 Å². The van der Waals surface area contributed by atoms with Crippen molar-refractivity contribution in [1.82, 2.24) is 0 Å². The Kier molecular flexibility index (Phi) is 33.3. The third kappa shape index (κ3) is 26.7. The number of non-ortho nitro benzene ring substituents is 2. The molecule has 16 nitrogen and oxygen atoms in total. The van der Waals surface area contributed by atoms with E-state index in [0.29, 0.717) is 50.1 Å². The zero-order valence-corrected chi connectivity index (χ0v) is 40.8. The molecule has 4 aromatic rings. The van der Waals surface area contributed by atoms with Crippen LogP contribution in [0.1, 0.15) is 35.1 Å². The summed E-state index contributed by atoms with van der Waals surface area (Å²) in [5, 5.41) is 68.4. The fourth-order valence-electron chi connectivity index (χ4n) is 4.49. The second-order valence-corrected chi connectivity index (χ2v) is 16.5. The van der Waals surface area contributed by atoms with E-state index in [1.165, 1.54) is 48.8 Å². The topological polar surface area (TPSA) is 234 Å². The molecule has 0 unspecified atom stereocenters. The van der Waals surface area contributed by atoms with Crippen LogP contribution in [0.2, 0.25) is 0 Å². The molecule has 64 heavy (non-hydrogen) atoms. The maximum absolute atomic E-state index is 11.8. The summed E-state index contributed by atoms with van der Waals surface area (Å²) in [6.45, 7) is 1.78. The van der Waals surface area contributed by atoms with Gasteiger partial charge in [0, 0.05) is 115 Å². The summed E-state index contributed by atoms with van der Waals surface area (Å²) in [7, 11) is 7.58. The molecule has 4 aromatic carbocycles. The van der Waals surface area contributed by atoms with Crippen LogP contribution < -0.4 is 30.2 Å². The van der Waals surface area contributed by atoms with Gasteiger partial charge in [-0.25, -0.2) is 0 Å². The van der Waals surface area contributed by atoms with Crippen molar-refractivity contribution >= 4 is 117 Å². The van der Waals surface area contributed by atoms with Gasteiger partial charge >= 0.3 is 34.1 Å². The minimum atomic E-state index is -0.750. The maximum Gasteiger partial charge on any atom is 2.00 e. The van der Waals surface area contributed by atoms with Crippen molar-refractivity contribution in [3.8, 4) is 23.0 Å². The fraction of sp³-hybridized carbons (Fsp3) is 0.300. The largest absolute Gasteiger partial charge is 2.00 e. The summed E-state index contributed by atoms with van der Waals surface area (Å²) in [5.41, 5.74) is 2.98. The molecule has 0 saturated carbocycles. The van der Waals surface area contributed by atoms with Crippen molar-refractivity contribution in [3.05, 3.63) is 115 Å². The predicted octanol–water partition coefficient (Wildman–Crippen LogP) is 7.44. The third-order valence-electron chi connectivity index (χ3n) is 7.50. The van der Waals surface area contributed by atoms with Gasteiger partial charge in [0.1, 0.15) is 0 Å². The molecule has 0 saturated heterocycles. The van der Waals surface area contributed by atoms with Crippen molar-refractivity contribution in [2.45, 2.75) is 21.4 Å². The first-order chi connectivity index (χ1) is 29.2. The van der Waals surface area contributed by atoms with E-state index in [1.54, 1.807) is 36.7 Å². The molecule has 0 heterocycles. The molecular formula is C40H42Cl6Cu2N8O8. The van der Waals surface area contributed by atoms with Gasteiger partial charge in [0.05, 0.1) is 9.85 Å². The Balaban J connectivity index is 0. The number of aliphatic imine (C=N–C) groups is 4. The van der Waals surface area contributed by atoms with Gasteiger partial charge in [-0.3, -0.25) is 40.2 Å². The van der Waals surface area contributed by atoms with Crippen molar-refractivity contribution < 1.29 is 64.4 Å². The molecule has 0 aromatic heterocycles. The Morgan fingerprint density at radius 2 is 0.719 bits per heavy atom. The number of nitrogens with zero attached hydrogens (tertiary/aromatic N) is 8. The normalized spacial score (nSPS) is 10.7. The minimum Gasteiger partial charge on any atom is -0.872 e. The van der Waals surface area contributed by atoms with Gasteiger partial charge in [-0.05, 0) is 59.4 Å². The van der Waals surface area contributed by atoms with Gasteiger partial charge < -0.3 is 30.2 Å². The van der Waals surface area contributed by atoms with Crippen LogP contribution in [0.3, 0.4) is 0 Å². The Hall–Kier alpha value is -4.06. The standard InChI is InChI=1S/2C19H22N4O4.2CHCl3.2Cu/c2*1-22(2)16-4-6-18(24)14(10-16)12-20-8-3-9-21-13-15-11-17(23(26)27)5-7-19(15)25;2*2-1(3)4;;/h2*4-7,10-13,24-25H,3,8-9H2,1-2H3;2*1H;;/q;;;;2*+2/p-4. The smallest absolute Gasteiger partial charge is 0.872 e. The number of halogens is 6. The van der Waals surface area contributed by atoms with E-state index in [4.69, 9.17) is 69.6 Å². The Labute approximate surface area is 422 Å². The van der Waals surface area contributed by atoms with Crippen LogP contribution in [0, 0.1) is 20.2 Å². The molecule has 4 rings (SSSR count). The van der Waals surface area contributed by atoms with E-state index in [-0.39, 0.29) is 79.6 Å². The van der Waals surface area contributed by atoms with Crippen LogP contribution in [0.4, 0.5) is 22.7 Å². The van der Waals surface area contributed by atoms with Crippen LogP contribution in [-0.4, -0.2) is 97.7 Å². The van der Waals surface area contributed by atoms with Gasteiger partial charge in [-0.15, -0.1) is 0 Å². The summed E-state index contributed by atoms with van der Waals surface area (Å²) >= 11 is 28.8. The monoisotopic (exact) mass is 1100 g/mol. The quantitative estimate of drug-likeness (QED) is 0.0269. The van der Waals surface area contributed by atoms with Gasteiger partial charge in [0.15, 0.2) is 8.59 Å². The Bertz CT molecular complexity index is 2000. The molecule has 0 aliphatic rings. The second kappa shape index (κ2) is 34.3. The van der Waals surface area contributed by atoms with Crippen LogP contribution in [0.15, 0.2) is 92.8 Å². The van der Waals surface area contributed by atoms with E-state index in [2.05, 4.69) is 20.0 Å². The summed E-state index contributed by atoms with van der Waals surface area (Å²) in [6, 6.07) is 17.2. The zero-order chi connectivity index (χ0) is 46.8. The van der Waals surface area contributed by atoms with Gasteiger partial charge in [-0.1, -0.05) is 117 Å². The summed E-state index contributed by atoms with van der Waals surface area (Å²) in [5.74, 6) is -0.802. The van der Waals surface area contributed by atoms with Crippen molar-refractivity contribution in [2.75, 3.05) is 64.2 Å². The third-order valence-corrected chi connectivity index (χ3v) is 7.50. The second-order valence-electron chi connectivity index (χ2n) is 12.5. The molecule has 354 valence electrons. The number of benzene rings is 4. The molecule has 0 fully saturated rings. The van der Waals surface area contributed by atoms with Crippen LogP contribution in [0.25, 0.3) is 0 Å². The predicted molar refractivity (Wildman–Crippen MR) is 247 cm³/mol. The first kappa shape index (κ1) is 62.0. The van der Waals surface area contributed by atoms with E-state index < -0.39 is 18.4 Å². The molecule has 0 aliphatic carbocycles. The Morgan fingerprint density at radius 1 is 0.484 bits per heavy atom. The minimum absolute atomic E-state index is 0. The number of nitro benzene ring substituents is 2. The fourth-order valence-corrected chi connectivity index (χ4v) is 4.49. The summed E-state index contributed by atoms with van der Waals surface area (Å²) in [4.78, 5) is 40.9. The van der Waals surface area contributed by atoms with Crippen LogP contribution >= 0.6 is 69.6 Å². The number of alkyl halides is 6. The van der Waals surface area contributed by atoms with Crippen LogP contribution in [-0.2, 0) is 34.1 Å². The molecule has 24 heteroatoms. The van der Waals surface area contributed by atoms with E-state index in [0.717, 1.165) is 23.5 Å². The average molecular weight is 1100 g/mol. The molecule has 0 bridgehead atoms. The molecule has 0 N–H and O–H groups in total. The number of hydrogen-bond acceptors (Lipinski definition) is 14. The van der Waals surface area contributed by atoms with E-state index in [9.17, 15) is 40.7 Å². The molecule has 0 amide bonds. The first-order valence-electron chi connectivity index (χ1n) is 17.9. The number of rotatable bonds is 16. The molecule has 0 spiro atoms. The van der Waals surface area contributed by atoms with Gasteiger partial charge in [-0.2, -0.15) is 0 Å². The van der Waals surface area contributed by atoms with Gasteiger partial charge in [0.25, 0.3) is 11.4 Å². The average Bonchev–Trinajstić information content (AvgIpc) is 3.19. The summed E-state index contributed by atoms with van der Waals surface area (Å²) < 4.78 is -1.50. The van der Waals surface area contributed by atoms with Crippen LogP contribution in [0.5, 0.6) is 23.0 Å². The number of anilines is 2. The molecule has 0 aliphatic heterocycles. The molecular weight excluding hydrogens is 1060 g/mol. The SMILES string of the molecule is CN(C)c1ccc([O-])c(C=NCCCN=Cc2cc([N+](=O)[O-])ccc2[O-])c1.CN(C)c1ccc([O-])c(C=NCCCN=Cc2cc([N+](=O)[O-])ccc2[O-])c1.ClC(Cl)Cl.ClC(Cl)Cl.[Cu+2].[Cu+2]. The zero-order valence-electron chi connectivity index (χ0n) is 34.3. The van der Waals surface area contributed by atoms with Crippen molar-refractivity contribution in [3.63, 3.8) is 0 Å². The summed E-state index contributed by atoms with van der Waals surface area (Å²) in [6.07, 6.45) is 7.03. The maximum atomic E-state index is 11.8. The first-order valence-corrected chi connectivity index (χ1v) is 20.6. The van der Waals surface area contributed by atoms with Crippen molar-refractivity contribution in [1.29, 1.82) is 0 Å².